The van der Waals surface area contributed by atoms with Gasteiger partial charge in [-0.25, -0.2) is 0 Å². The number of aryl methyl sites for hydroxylation is 1. The van der Waals surface area contributed by atoms with E-state index in [1.165, 1.54) is 5.56 Å². The number of hydrogen-bond donors (Lipinski definition) is 1. The number of aromatic nitrogens is 2. The molecule has 1 aromatic rings. The van der Waals surface area contributed by atoms with Crippen molar-refractivity contribution in [3.63, 3.8) is 0 Å². The minimum atomic E-state index is 0. The van der Waals surface area contributed by atoms with Gasteiger partial charge in [-0.3, -0.25) is 9.67 Å². The Kier molecular flexibility index (Phi) is 7.98. The Labute approximate surface area is 163 Å². The first kappa shape index (κ1) is 21.2. The summed E-state index contributed by atoms with van der Waals surface area (Å²) in [6, 6.07) is 0. The summed E-state index contributed by atoms with van der Waals surface area (Å²) in [5, 5.41) is 7.86. The fraction of sp³-hybridized carbons (Fsp3) is 0.765. The highest BCUT2D eigenvalue weighted by Crippen LogP contribution is 2.26. The number of nitrogens with one attached hydrogen (secondary N) is 1. The van der Waals surface area contributed by atoms with Crippen molar-refractivity contribution >= 4 is 29.9 Å². The summed E-state index contributed by atoms with van der Waals surface area (Å²) < 4.78 is 1.88. The monoisotopic (exact) mass is 448 g/mol. The Morgan fingerprint density at radius 3 is 2.71 bits per heavy atom. The van der Waals surface area contributed by atoms with Gasteiger partial charge in [0, 0.05) is 52.4 Å². The second-order valence-electron chi connectivity index (χ2n) is 7.68. The lowest BCUT2D eigenvalue weighted by molar-refractivity contribution is 0.239. The van der Waals surface area contributed by atoms with E-state index in [9.17, 15) is 0 Å². The predicted octanol–water partition coefficient (Wildman–Crippen LogP) is 1.99. The van der Waals surface area contributed by atoms with Crippen molar-refractivity contribution in [3.8, 4) is 0 Å². The molecule has 0 amide bonds. The molecule has 0 saturated carbocycles. The molecule has 1 aliphatic heterocycles. The van der Waals surface area contributed by atoms with Gasteiger partial charge >= 0.3 is 0 Å². The van der Waals surface area contributed by atoms with Crippen LogP contribution in [0.1, 0.15) is 31.7 Å². The summed E-state index contributed by atoms with van der Waals surface area (Å²) >= 11 is 0. The van der Waals surface area contributed by atoms with Crippen LogP contribution in [0.25, 0.3) is 0 Å². The summed E-state index contributed by atoms with van der Waals surface area (Å²) in [4.78, 5) is 9.08. The van der Waals surface area contributed by atoms with Crippen LogP contribution in [0.15, 0.2) is 17.4 Å². The Morgan fingerprint density at radius 1 is 1.46 bits per heavy atom. The van der Waals surface area contributed by atoms with Crippen LogP contribution in [0.5, 0.6) is 0 Å². The van der Waals surface area contributed by atoms with E-state index in [1.807, 2.05) is 25.0 Å². The molecule has 1 aromatic heterocycles. The van der Waals surface area contributed by atoms with Crippen LogP contribution in [-0.2, 0) is 7.05 Å². The highest BCUT2D eigenvalue weighted by Gasteiger charge is 2.28. The molecule has 2 rings (SSSR count). The molecule has 6 nitrogen and oxygen atoms in total. The van der Waals surface area contributed by atoms with E-state index in [-0.39, 0.29) is 29.4 Å². The number of halogens is 1. The molecule has 2 heterocycles. The Bertz CT molecular complexity index is 537. The number of guanidine groups is 1. The molecule has 0 bridgehead atoms. The molecule has 1 fully saturated rings. The zero-order chi connectivity index (χ0) is 17.0. The smallest absolute Gasteiger partial charge is 0.193 e. The number of rotatable bonds is 5. The third kappa shape index (κ3) is 5.91. The van der Waals surface area contributed by atoms with Crippen molar-refractivity contribution in [2.75, 3.05) is 47.3 Å². The number of likely N-dealkylation sites (tertiary alicyclic amines) is 1. The maximum Gasteiger partial charge on any atom is 0.193 e. The minimum absolute atomic E-state index is 0. The Hall–Kier alpha value is -0.830. The summed E-state index contributed by atoms with van der Waals surface area (Å²) in [5.41, 5.74) is 1.54. The van der Waals surface area contributed by atoms with Gasteiger partial charge in [0.05, 0.1) is 6.20 Å². The SMILES string of the molecule is CN=C(NCC(C)(C)CN(C)C)N1CCC(c2cnn(C)c2)C1.I. The first-order valence-corrected chi connectivity index (χ1v) is 8.39. The highest BCUT2D eigenvalue weighted by molar-refractivity contribution is 14.0. The van der Waals surface area contributed by atoms with Gasteiger partial charge in [-0.05, 0) is 31.5 Å². The number of nitrogens with zero attached hydrogens (tertiary/aromatic N) is 5. The van der Waals surface area contributed by atoms with Crippen LogP contribution in [0.2, 0.25) is 0 Å². The molecule has 7 heteroatoms. The molecule has 1 unspecified atom stereocenters. The third-order valence-corrected chi connectivity index (χ3v) is 4.37. The van der Waals surface area contributed by atoms with E-state index in [1.54, 1.807) is 0 Å². The summed E-state index contributed by atoms with van der Waals surface area (Å²) in [6.07, 6.45) is 5.28. The molecule has 24 heavy (non-hydrogen) atoms. The second-order valence-corrected chi connectivity index (χ2v) is 7.68. The van der Waals surface area contributed by atoms with E-state index >= 15 is 0 Å². The lowest BCUT2D eigenvalue weighted by Gasteiger charge is -2.31. The second kappa shape index (κ2) is 9.03. The van der Waals surface area contributed by atoms with E-state index in [0.29, 0.717) is 5.92 Å². The van der Waals surface area contributed by atoms with Gasteiger partial charge in [-0.1, -0.05) is 13.8 Å². The number of aliphatic imine (C=N–C) groups is 1. The molecule has 1 N–H and O–H groups in total. The zero-order valence-corrected chi connectivity index (χ0v) is 18.2. The fourth-order valence-corrected chi connectivity index (χ4v) is 3.44. The first-order valence-electron chi connectivity index (χ1n) is 8.39. The lowest BCUT2D eigenvalue weighted by atomic mass is 9.93. The maximum absolute atomic E-state index is 4.48. The number of hydrogen-bond acceptors (Lipinski definition) is 3. The fourth-order valence-electron chi connectivity index (χ4n) is 3.44. The van der Waals surface area contributed by atoms with Crippen molar-refractivity contribution in [2.45, 2.75) is 26.2 Å². The van der Waals surface area contributed by atoms with Crippen molar-refractivity contribution < 1.29 is 0 Å². The first-order chi connectivity index (χ1) is 10.8. The zero-order valence-electron chi connectivity index (χ0n) is 15.9. The summed E-state index contributed by atoms with van der Waals surface area (Å²) in [5.74, 6) is 1.57. The average Bonchev–Trinajstić information content (AvgIpc) is 3.07. The van der Waals surface area contributed by atoms with Crippen molar-refractivity contribution in [3.05, 3.63) is 18.0 Å². The third-order valence-electron chi connectivity index (χ3n) is 4.37. The molecule has 1 aliphatic rings. The molecule has 0 aromatic carbocycles. The summed E-state index contributed by atoms with van der Waals surface area (Å²) in [7, 11) is 8.09. The molecule has 0 aliphatic carbocycles. The van der Waals surface area contributed by atoms with Gasteiger partial charge in [0.2, 0.25) is 0 Å². The molecule has 138 valence electrons. The van der Waals surface area contributed by atoms with E-state index < -0.39 is 0 Å². The van der Waals surface area contributed by atoms with Gasteiger partial charge < -0.3 is 15.1 Å². The van der Waals surface area contributed by atoms with Crippen molar-refractivity contribution in [1.82, 2.24) is 24.9 Å². The molecule has 0 radical (unpaired) electrons. The largest absolute Gasteiger partial charge is 0.356 e. The Morgan fingerprint density at radius 2 is 2.17 bits per heavy atom. The van der Waals surface area contributed by atoms with Gasteiger partial charge in [0.15, 0.2) is 5.96 Å². The quantitative estimate of drug-likeness (QED) is 0.425. The van der Waals surface area contributed by atoms with E-state index in [2.05, 4.69) is 59.3 Å². The van der Waals surface area contributed by atoms with Gasteiger partial charge in [0.1, 0.15) is 0 Å². The van der Waals surface area contributed by atoms with E-state index in [4.69, 9.17) is 0 Å². The van der Waals surface area contributed by atoms with Gasteiger partial charge in [0.25, 0.3) is 0 Å². The van der Waals surface area contributed by atoms with Crippen LogP contribution in [0.4, 0.5) is 0 Å². The van der Waals surface area contributed by atoms with Crippen LogP contribution in [0.3, 0.4) is 0 Å². The summed E-state index contributed by atoms with van der Waals surface area (Å²) in [6.45, 7) is 8.61. The highest BCUT2D eigenvalue weighted by atomic mass is 127. The average molecular weight is 448 g/mol. The van der Waals surface area contributed by atoms with Crippen LogP contribution >= 0.6 is 24.0 Å². The topological polar surface area (TPSA) is 48.7 Å². The minimum Gasteiger partial charge on any atom is -0.356 e. The molecular formula is C17H33IN6. The standard InChI is InChI=1S/C17H32N6.HI/c1-17(2,13-21(4)5)12-19-16(18-3)23-8-7-14(11-23)15-9-20-22(6)10-15;/h9-10,14H,7-8,11-13H2,1-6H3,(H,18,19);1H. The molecule has 0 spiro atoms. The van der Waals surface area contributed by atoms with Crippen LogP contribution in [-0.4, -0.2) is 72.9 Å². The van der Waals surface area contributed by atoms with Gasteiger partial charge in [-0.2, -0.15) is 5.10 Å². The normalized spacial score (nSPS) is 18.9. The van der Waals surface area contributed by atoms with Gasteiger partial charge in [-0.15, -0.1) is 24.0 Å². The van der Waals surface area contributed by atoms with Crippen molar-refractivity contribution in [1.29, 1.82) is 0 Å². The predicted molar refractivity (Wildman–Crippen MR) is 111 cm³/mol. The van der Waals surface area contributed by atoms with Crippen molar-refractivity contribution in [2.24, 2.45) is 17.5 Å². The van der Waals surface area contributed by atoms with E-state index in [0.717, 1.165) is 38.6 Å². The lowest BCUT2D eigenvalue weighted by Crippen LogP contribution is -2.46. The molecule has 1 atom stereocenters. The Balaban J connectivity index is 0.00000288. The maximum atomic E-state index is 4.48. The van der Waals surface area contributed by atoms with Crippen LogP contribution < -0.4 is 5.32 Å². The molecular weight excluding hydrogens is 415 g/mol. The molecule has 1 saturated heterocycles. The van der Waals surface area contributed by atoms with Crippen LogP contribution in [0, 0.1) is 5.41 Å².